The Labute approximate surface area is 115 Å². The molecule has 1 aliphatic rings. The molecule has 0 spiro atoms. The van der Waals surface area contributed by atoms with Crippen LogP contribution in [0.1, 0.15) is 0 Å². The summed E-state index contributed by atoms with van der Waals surface area (Å²) in [6, 6.07) is 14.4. The Morgan fingerprint density at radius 3 is 2.63 bits per heavy atom. The zero-order valence-corrected chi connectivity index (χ0v) is 10.6. The lowest BCUT2D eigenvalue weighted by atomic mass is 10.2. The second-order valence-electron chi connectivity index (χ2n) is 4.13. The number of anilines is 2. The molecule has 1 atom stereocenters. The number of amides is 1. The average molecular weight is 275 g/mol. The van der Waals surface area contributed by atoms with Gasteiger partial charge in [0.1, 0.15) is 5.75 Å². The fourth-order valence-corrected chi connectivity index (χ4v) is 2.06. The fourth-order valence-electron chi connectivity index (χ4n) is 1.88. The highest BCUT2D eigenvalue weighted by Crippen LogP contribution is 2.27. The van der Waals surface area contributed by atoms with E-state index in [4.69, 9.17) is 16.3 Å². The van der Waals surface area contributed by atoms with E-state index in [-0.39, 0.29) is 5.91 Å². The number of rotatable bonds is 2. The highest BCUT2D eigenvalue weighted by Gasteiger charge is 2.26. The van der Waals surface area contributed by atoms with Crippen molar-refractivity contribution in [3.63, 3.8) is 0 Å². The molecule has 1 amide bonds. The minimum Gasteiger partial charge on any atom is -0.461 e. The molecule has 0 saturated heterocycles. The predicted octanol–water partition coefficient (Wildman–Crippen LogP) is 3.11. The lowest BCUT2D eigenvalue weighted by molar-refractivity contribution is -0.121. The van der Waals surface area contributed by atoms with Crippen LogP contribution in [0.4, 0.5) is 11.4 Å². The number of nitrogens with one attached hydrogen (secondary N) is 2. The Hall–Kier alpha value is -2.20. The molecule has 4 nitrogen and oxygen atoms in total. The lowest BCUT2D eigenvalue weighted by Gasteiger charge is -2.27. The smallest absolute Gasteiger partial charge is 0.286 e. The van der Waals surface area contributed by atoms with Crippen molar-refractivity contribution in [1.82, 2.24) is 0 Å². The van der Waals surface area contributed by atoms with Gasteiger partial charge >= 0.3 is 0 Å². The van der Waals surface area contributed by atoms with Crippen molar-refractivity contribution in [1.29, 1.82) is 0 Å². The largest absolute Gasteiger partial charge is 0.461 e. The van der Waals surface area contributed by atoms with Gasteiger partial charge in [0.15, 0.2) is 0 Å². The second kappa shape index (κ2) is 4.82. The molecular formula is C14H11ClN2O2. The standard InChI is InChI=1S/C14H11ClN2O2/c15-9-4-3-5-10(8-9)19-14-13(18)16-11-6-1-2-7-12(11)17-14/h1-8,14,17H,(H,16,18)/t14-/m1/s1. The van der Waals surface area contributed by atoms with Gasteiger partial charge < -0.3 is 15.4 Å². The topological polar surface area (TPSA) is 50.4 Å². The SMILES string of the molecule is O=C1Nc2ccccc2N[C@@H]1Oc1cccc(Cl)c1. The van der Waals surface area contributed by atoms with Crippen LogP contribution in [0, 0.1) is 0 Å². The van der Waals surface area contributed by atoms with Crippen LogP contribution in [-0.4, -0.2) is 12.1 Å². The van der Waals surface area contributed by atoms with Gasteiger partial charge in [-0.25, -0.2) is 0 Å². The molecule has 1 heterocycles. The quantitative estimate of drug-likeness (QED) is 0.885. The minimum atomic E-state index is -0.770. The Morgan fingerprint density at radius 1 is 1.05 bits per heavy atom. The van der Waals surface area contributed by atoms with Crippen LogP contribution in [0.3, 0.4) is 0 Å². The monoisotopic (exact) mass is 274 g/mol. The van der Waals surface area contributed by atoms with Crippen molar-refractivity contribution in [2.45, 2.75) is 6.23 Å². The molecule has 0 fully saturated rings. The van der Waals surface area contributed by atoms with E-state index < -0.39 is 6.23 Å². The van der Waals surface area contributed by atoms with E-state index in [1.54, 1.807) is 24.3 Å². The Kier molecular flexibility index (Phi) is 3.01. The van der Waals surface area contributed by atoms with Gasteiger partial charge in [0.25, 0.3) is 5.91 Å². The molecule has 0 aromatic heterocycles. The molecule has 96 valence electrons. The number of benzene rings is 2. The van der Waals surface area contributed by atoms with E-state index in [1.165, 1.54) is 0 Å². The van der Waals surface area contributed by atoms with Crippen molar-refractivity contribution in [2.24, 2.45) is 0 Å². The van der Waals surface area contributed by atoms with Crippen LogP contribution in [-0.2, 0) is 4.79 Å². The molecule has 3 rings (SSSR count). The first-order chi connectivity index (χ1) is 9.22. The summed E-state index contributed by atoms with van der Waals surface area (Å²) in [6.45, 7) is 0. The maximum Gasteiger partial charge on any atom is 0.286 e. The number of carbonyl (C=O) groups excluding carboxylic acids is 1. The average Bonchev–Trinajstić information content (AvgIpc) is 2.40. The van der Waals surface area contributed by atoms with Crippen molar-refractivity contribution in [2.75, 3.05) is 10.6 Å². The minimum absolute atomic E-state index is 0.237. The number of carbonyl (C=O) groups is 1. The number of para-hydroxylation sites is 2. The summed E-state index contributed by atoms with van der Waals surface area (Å²) in [6.07, 6.45) is -0.770. The number of ether oxygens (including phenoxy) is 1. The normalized spacial score (nSPS) is 17.1. The van der Waals surface area contributed by atoms with Crippen LogP contribution in [0.15, 0.2) is 48.5 Å². The first-order valence-corrected chi connectivity index (χ1v) is 6.19. The molecule has 0 saturated carbocycles. The van der Waals surface area contributed by atoms with Crippen LogP contribution in [0.5, 0.6) is 5.75 Å². The van der Waals surface area contributed by atoms with E-state index in [9.17, 15) is 4.79 Å². The van der Waals surface area contributed by atoms with Gasteiger partial charge in [0.2, 0.25) is 6.23 Å². The van der Waals surface area contributed by atoms with E-state index in [1.807, 2.05) is 24.3 Å². The third kappa shape index (κ3) is 2.48. The summed E-state index contributed by atoms with van der Waals surface area (Å²) in [5.41, 5.74) is 1.58. The molecule has 19 heavy (non-hydrogen) atoms. The molecule has 2 aromatic carbocycles. The third-order valence-electron chi connectivity index (χ3n) is 2.76. The van der Waals surface area contributed by atoms with E-state index in [0.29, 0.717) is 10.8 Å². The van der Waals surface area contributed by atoms with Gasteiger partial charge in [0.05, 0.1) is 11.4 Å². The zero-order valence-electron chi connectivity index (χ0n) is 9.89. The Morgan fingerprint density at radius 2 is 1.84 bits per heavy atom. The van der Waals surface area contributed by atoms with Crippen LogP contribution in [0.2, 0.25) is 5.02 Å². The van der Waals surface area contributed by atoms with E-state index in [0.717, 1.165) is 11.4 Å². The first kappa shape index (κ1) is 11.9. The van der Waals surface area contributed by atoms with Gasteiger partial charge in [0, 0.05) is 5.02 Å². The summed E-state index contributed by atoms with van der Waals surface area (Å²) in [4.78, 5) is 11.9. The molecule has 2 N–H and O–H groups in total. The first-order valence-electron chi connectivity index (χ1n) is 5.81. The van der Waals surface area contributed by atoms with Gasteiger partial charge in [-0.05, 0) is 30.3 Å². The van der Waals surface area contributed by atoms with E-state index >= 15 is 0 Å². The van der Waals surface area contributed by atoms with Crippen LogP contribution < -0.4 is 15.4 Å². The summed E-state index contributed by atoms with van der Waals surface area (Å²) in [7, 11) is 0. The number of fused-ring (bicyclic) bond motifs is 1. The van der Waals surface area contributed by atoms with Gasteiger partial charge in [-0.3, -0.25) is 4.79 Å². The summed E-state index contributed by atoms with van der Waals surface area (Å²) in [5.74, 6) is 0.304. The van der Waals surface area contributed by atoms with Gasteiger partial charge in [-0.15, -0.1) is 0 Å². The molecule has 1 aliphatic heterocycles. The van der Waals surface area contributed by atoms with Gasteiger partial charge in [-0.1, -0.05) is 29.8 Å². The molecular weight excluding hydrogens is 264 g/mol. The molecule has 0 unspecified atom stereocenters. The van der Waals surface area contributed by atoms with E-state index in [2.05, 4.69) is 10.6 Å². The summed E-state index contributed by atoms with van der Waals surface area (Å²) in [5, 5.41) is 6.39. The Bertz CT molecular complexity index is 630. The van der Waals surface area contributed by atoms with Crippen molar-refractivity contribution < 1.29 is 9.53 Å². The number of hydrogen-bond donors (Lipinski definition) is 2. The molecule has 5 heteroatoms. The summed E-state index contributed by atoms with van der Waals surface area (Å²) >= 11 is 5.88. The maximum absolute atomic E-state index is 11.9. The van der Waals surface area contributed by atoms with Crippen molar-refractivity contribution in [3.05, 3.63) is 53.6 Å². The van der Waals surface area contributed by atoms with Gasteiger partial charge in [-0.2, -0.15) is 0 Å². The molecule has 2 aromatic rings. The highest BCUT2D eigenvalue weighted by molar-refractivity contribution is 6.30. The molecule has 0 radical (unpaired) electrons. The number of halogens is 1. The van der Waals surface area contributed by atoms with Crippen LogP contribution in [0.25, 0.3) is 0 Å². The maximum atomic E-state index is 11.9. The van der Waals surface area contributed by atoms with Crippen molar-refractivity contribution in [3.8, 4) is 5.75 Å². The summed E-state index contributed by atoms with van der Waals surface area (Å²) < 4.78 is 5.60. The molecule has 0 aliphatic carbocycles. The predicted molar refractivity (Wildman–Crippen MR) is 74.6 cm³/mol. The Balaban J connectivity index is 1.81. The second-order valence-corrected chi connectivity index (χ2v) is 4.57. The third-order valence-corrected chi connectivity index (χ3v) is 2.99. The highest BCUT2D eigenvalue weighted by atomic mass is 35.5. The zero-order chi connectivity index (χ0) is 13.2. The fraction of sp³-hybridized carbons (Fsp3) is 0.0714. The number of hydrogen-bond acceptors (Lipinski definition) is 3. The molecule has 0 bridgehead atoms. The lowest BCUT2D eigenvalue weighted by Crippen LogP contribution is -2.42. The van der Waals surface area contributed by atoms with Crippen LogP contribution >= 0.6 is 11.6 Å². The van der Waals surface area contributed by atoms with Crippen molar-refractivity contribution >= 4 is 28.9 Å².